The van der Waals surface area contributed by atoms with Crippen LogP contribution in [0.25, 0.3) is 22.4 Å². The topological polar surface area (TPSA) is 69.8 Å². The van der Waals surface area contributed by atoms with Crippen molar-refractivity contribution in [3.05, 3.63) is 83.1 Å². The monoisotopic (exact) mass is 424 g/mol. The molecule has 1 heterocycles. The van der Waals surface area contributed by atoms with E-state index < -0.39 is 11.7 Å². The number of amides is 1. The first-order valence-corrected chi connectivity index (χ1v) is 9.41. The van der Waals surface area contributed by atoms with Gasteiger partial charge in [0, 0.05) is 11.1 Å². The molecule has 0 aliphatic carbocycles. The highest BCUT2D eigenvalue weighted by Gasteiger charge is 2.12. The van der Waals surface area contributed by atoms with Crippen LogP contribution < -0.4 is 10.6 Å². The molecule has 0 aliphatic heterocycles. The Kier molecular flexibility index (Phi) is 5.24. The summed E-state index contributed by atoms with van der Waals surface area (Å²) in [5.74, 6) is -0.342. The van der Waals surface area contributed by atoms with Crippen molar-refractivity contribution in [3.8, 4) is 11.4 Å². The Morgan fingerprint density at radius 3 is 2.69 bits per heavy atom. The largest absolute Gasteiger partial charge is 0.338 e. The third-order valence-electron chi connectivity index (χ3n) is 4.19. The summed E-state index contributed by atoms with van der Waals surface area (Å²) >= 11 is 11.5. The van der Waals surface area contributed by atoms with E-state index in [0.717, 1.165) is 22.7 Å². The minimum atomic E-state index is -0.522. The molecular weight excluding hydrogens is 411 g/mol. The van der Waals surface area contributed by atoms with Gasteiger partial charge in [-0.2, -0.15) is 0 Å². The van der Waals surface area contributed by atoms with E-state index >= 15 is 0 Å². The lowest BCUT2D eigenvalue weighted by molar-refractivity contribution is 0.0977. The number of H-pyrrole nitrogens is 1. The van der Waals surface area contributed by atoms with Crippen LogP contribution in [-0.2, 0) is 0 Å². The quantitative estimate of drug-likeness (QED) is 0.398. The molecule has 3 aromatic carbocycles. The average Bonchev–Trinajstić information content (AvgIpc) is 3.14. The van der Waals surface area contributed by atoms with Crippen molar-refractivity contribution in [2.24, 2.45) is 0 Å². The molecule has 4 aromatic rings. The number of nitrogens with zero attached hydrogens (tertiary/aromatic N) is 1. The molecule has 3 N–H and O–H groups in total. The average molecular weight is 425 g/mol. The molecular formula is C21H14ClFN4OS. The lowest BCUT2D eigenvalue weighted by Gasteiger charge is -2.12. The Morgan fingerprint density at radius 1 is 1.07 bits per heavy atom. The highest BCUT2D eigenvalue weighted by Crippen LogP contribution is 2.28. The van der Waals surface area contributed by atoms with Gasteiger partial charge in [0.15, 0.2) is 5.11 Å². The number of hydrogen-bond donors (Lipinski definition) is 3. The van der Waals surface area contributed by atoms with E-state index in [1.54, 1.807) is 12.1 Å². The van der Waals surface area contributed by atoms with E-state index in [-0.39, 0.29) is 10.7 Å². The summed E-state index contributed by atoms with van der Waals surface area (Å²) in [6, 6.07) is 18.4. The van der Waals surface area contributed by atoms with E-state index in [4.69, 9.17) is 23.8 Å². The summed E-state index contributed by atoms with van der Waals surface area (Å²) in [6.07, 6.45) is 0. The molecule has 1 aromatic heterocycles. The second-order valence-electron chi connectivity index (χ2n) is 6.22. The van der Waals surface area contributed by atoms with Gasteiger partial charge in [0.2, 0.25) is 0 Å². The number of imidazole rings is 1. The van der Waals surface area contributed by atoms with Gasteiger partial charge in [-0.1, -0.05) is 29.8 Å². The molecule has 0 bridgehead atoms. The number of nitrogens with one attached hydrogen (secondary N) is 3. The third kappa shape index (κ3) is 4.26. The molecule has 0 radical (unpaired) electrons. The Hall–Kier alpha value is -3.29. The number of carbonyl (C=O) groups is 1. The van der Waals surface area contributed by atoms with Gasteiger partial charge in [-0.25, -0.2) is 9.37 Å². The molecule has 0 unspecified atom stereocenters. The van der Waals surface area contributed by atoms with Crippen LogP contribution in [0.2, 0.25) is 5.02 Å². The van der Waals surface area contributed by atoms with Crippen molar-refractivity contribution < 1.29 is 9.18 Å². The summed E-state index contributed by atoms with van der Waals surface area (Å²) in [4.78, 5) is 20.0. The number of aromatic amines is 1. The molecule has 0 saturated carbocycles. The smallest absolute Gasteiger partial charge is 0.257 e. The number of fused-ring (bicyclic) bond motifs is 1. The summed E-state index contributed by atoms with van der Waals surface area (Å²) in [6.45, 7) is 0. The van der Waals surface area contributed by atoms with Crippen LogP contribution in [0, 0.1) is 5.82 Å². The minimum absolute atomic E-state index is 0.0444. The number of para-hydroxylation sites is 2. The van der Waals surface area contributed by atoms with Crippen molar-refractivity contribution in [1.29, 1.82) is 0 Å². The summed E-state index contributed by atoms with van der Waals surface area (Å²) in [5.41, 5.74) is 3.24. The van der Waals surface area contributed by atoms with Gasteiger partial charge >= 0.3 is 0 Å². The molecule has 0 atom stereocenters. The van der Waals surface area contributed by atoms with E-state index in [1.165, 1.54) is 18.2 Å². The Labute approximate surface area is 175 Å². The number of anilines is 1. The molecule has 4 rings (SSSR count). The Balaban J connectivity index is 1.53. The fourth-order valence-electron chi connectivity index (χ4n) is 2.82. The fraction of sp³-hybridized carbons (Fsp3) is 0. The molecule has 144 valence electrons. The van der Waals surface area contributed by atoms with Crippen LogP contribution in [0.15, 0.2) is 66.7 Å². The molecule has 0 aliphatic rings. The first-order chi connectivity index (χ1) is 14.0. The maximum atomic E-state index is 13.3. The molecule has 5 nitrogen and oxygen atoms in total. The van der Waals surface area contributed by atoms with Crippen molar-refractivity contribution in [1.82, 2.24) is 15.3 Å². The number of thiocarbonyl (C=S) groups is 1. The van der Waals surface area contributed by atoms with Crippen LogP contribution in [-0.4, -0.2) is 21.0 Å². The van der Waals surface area contributed by atoms with Crippen molar-refractivity contribution in [2.75, 3.05) is 5.32 Å². The first kappa shape index (κ1) is 19.0. The van der Waals surface area contributed by atoms with Gasteiger partial charge in [-0.05, 0) is 60.7 Å². The van der Waals surface area contributed by atoms with Crippen LogP contribution in [0.1, 0.15) is 10.4 Å². The second kappa shape index (κ2) is 7.98. The van der Waals surface area contributed by atoms with Crippen LogP contribution in [0.5, 0.6) is 0 Å². The first-order valence-electron chi connectivity index (χ1n) is 8.62. The van der Waals surface area contributed by atoms with Gasteiger partial charge < -0.3 is 10.3 Å². The maximum absolute atomic E-state index is 13.3. The third-order valence-corrected chi connectivity index (χ3v) is 4.72. The van der Waals surface area contributed by atoms with Crippen molar-refractivity contribution in [2.45, 2.75) is 0 Å². The standard InChI is InChI=1S/C21H14ClFN4OS/c22-15-9-8-12(19-24-16-6-1-2-7-17(16)25-19)11-18(15)26-21(29)27-20(28)13-4-3-5-14(23)10-13/h1-11H,(H,24,25)(H2,26,27,28,29). The molecule has 29 heavy (non-hydrogen) atoms. The van der Waals surface area contributed by atoms with Crippen LogP contribution in [0.4, 0.5) is 10.1 Å². The highest BCUT2D eigenvalue weighted by atomic mass is 35.5. The van der Waals surface area contributed by atoms with Gasteiger partial charge in [-0.3, -0.25) is 10.1 Å². The Morgan fingerprint density at radius 2 is 1.90 bits per heavy atom. The predicted molar refractivity (Wildman–Crippen MR) is 117 cm³/mol. The number of aromatic nitrogens is 2. The van der Waals surface area contributed by atoms with E-state index in [2.05, 4.69) is 20.6 Å². The van der Waals surface area contributed by atoms with E-state index in [0.29, 0.717) is 16.5 Å². The zero-order valence-electron chi connectivity index (χ0n) is 14.9. The van der Waals surface area contributed by atoms with E-state index in [9.17, 15) is 9.18 Å². The van der Waals surface area contributed by atoms with Crippen molar-refractivity contribution in [3.63, 3.8) is 0 Å². The van der Waals surface area contributed by atoms with E-state index in [1.807, 2.05) is 30.3 Å². The van der Waals surface area contributed by atoms with Crippen LogP contribution in [0.3, 0.4) is 0 Å². The maximum Gasteiger partial charge on any atom is 0.257 e. The zero-order chi connectivity index (χ0) is 20.4. The SMILES string of the molecule is O=C(NC(=S)Nc1cc(-c2nc3ccccc3[nH]2)ccc1Cl)c1cccc(F)c1. The van der Waals surface area contributed by atoms with Gasteiger partial charge in [0.05, 0.1) is 21.7 Å². The summed E-state index contributed by atoms with van der Waals surface area (Å²) < 4.78 is 13.3. The van der Waals surface area contributed by atoms with Crippen molar-refractivity contribution >= 4 is 51.6 Å². The highest BCUT2D eigenvalue weighted by molar-refractivity contribution is 7.80. The number of halogens is 2. The lowest BCUT2D eigenvalue weighted by Crippen LogP contribution is -2.34. The predicted octanol–water partition coefficient (Wildman–Crippen LogP) is 5.15. The van der Waals surface area contributed by atoms with Crippen LogP contribution >= 0.6 is 23.8 Å². The molecule has 0 fully saturated rings. The molecule has 1 amide bonds. The van der Waals surface area contributed by atoms with Gasteiger partial charge in [-0.15, -0.1) is 0 Å². The van der Waals surface area contributed by atoms with Gasteiger partial charge in [0.25, 0.3) is 5.91 Å². The summed E-state index contributed by atoms with van der Waals surface area (Å²) in [7, 11) is 0. The second-order valence-corrected chi connectivity index (χ2v) is 7.03. The number of carbonyl (C=O) groups excluding carboxylic acids is 1. The lowest BCUT2D eigenvalue weighted by atomic mass is 10.2. The molecule has 8 heteroatoms. The number of hydrogen-bond acceptors (Lipinski definition) is 3. The summed E-state index contributed by atoms with van der Waals surface area (Å²) in [5, 5.41) is 5.88. The molecule has 0 saturated heterocycles. The fourth-order valence-corrected chi connectivity index (χ4v) is 3.18. The zero-order valence-corrected chi connectivity index (χ0v) is 16.4. The Bertz CT molecular complexity index is 1210. The number of benzene rings is 3. The normalized spacial score (nSPS) is 10.7. The minimum Gasteiger partial charge on any atom is -0.338 e. The molecule has 0 spiro atoms. The van der Waals surface area contributed by atoms with Gasteiger partial charge in [0.1, 0.15) is 11.6 Å². The number of rotatable bonds is 3.